The van der Waals surface area contributed by atoms with Crippen LogP contribution in [-0.4, -0.2) is 29.1 Å². The van der Waals surface area contributed by atoms with Crippen LogP contribution in [0.2, 0.25) is 10.0 Å². The molecule has 0 radical (unpaired) electrons. The van der Waals surface area contributed by atoms with Gasteiger partial charge in [0.05, 0.1) is 21.7 Å². The van der Waals surface area contributed by atoms with E-state index in [4.69, 9.17) is 23.2 Å². The highest BCUT2D eigenvalue weighted by atomic mass is 35.5. The molecule has 3 aromatic rings. The quantitative estimate of drug-likeness (QED) is 0.177. The van der Waals surface area contributed by atoms with E-state index in [9.17, 15) is 19.5 Å². The second kappa shape index (κ2) is 13.8. The molecule has 3 aromatic carbocycles. The fourth-order valence-corrected chi connectivity index (χ4v) is 5.48. The predicted octanol–water partition coefficient (Wildman–Crippen LogP) is 8.47. The topological polar surface area (TPSA) is 83.5 Å². The molecule has 1 fully saturated rings. The molecular formula is C33H33Cl2NO4. The summed E-state index contributed by atoms with van der Waals surface area (Å²) in [6.45, 7) is 3.67. The number of nitrogens with one attached hydrogen (secondary N) is 1. The van der Waals surface area contributed by atoms with Crippen LogP contribution in [0.1, 0.15) is 99.0 Å². The molecule has 2 N–H and O–H groups in total. The summed E-state index contributed by atoms with van der Waals surface area (Å²) in [6, 6.07) is 19.2. The van der Waals surface area contributed by atoms with Gasteiger partial charge in [-0.1, -0.05) is 85.4 Å². The smallest absolute Gasteiger partial charge is 0.251 e. The van der Waals surface area contributed by atoms with Crippen molar-refractivity contribution in [3.8, 4) is 0 Å². The van der Waals surface area contributed by atoms with Gasteiger partial charge in [-0.3, -0.25) is 14.4 Å². The molecular weight excluding hydrogens is 545 g/mol. The summed E-state index contributed by atoms with van der Waals surface area (Å²) in [5, 5.41) is 12.6. The number of carbonyl (C=O) groups excluding carboxylic acids is 3. The number of rotatable bonds is 11. The zero-order chi connectivity index (χ0) is 28.6. The van der Waals surface area contributed by atoms with Crippen molar-refractivity contribution in [2.24, 2.45) is 0 Å². The van der Waals surface area contributed by atoms with Gasteiger partial charge in [-0.25, -0.2) is 0 Å². The molecule has 0 bridgehead atoms. The van der Waals surface area contributed by atoms with E-state index < -0.39 is 5.92 Å². The van der Waals surface area contributed by atoms with Crippen molar-refractivity contribution in [1.82, 2.24) is 5.32 Å². The van der Waals surface area contributed by atoms with Crippen molar-refractivity contribution >= 4 is 40.7 Å². The third kappa shape index (κ3) is 7.61. The van der Waals surface area contributed by atoms with Gasteiger partial charge in [0, 0.05) is 36.1 Å². The highest BCUT2D eigenvalue weighted by molar-refractivity contribution is 6.42. The number of Topliss-reactive ketones (excluding diaryl/α,β-unsaturated/α-hetero) is 2. The van der Waals surface area contributed by atoms with Gasteiger partial charge in [-0.15, -0.1) is 0 Å². The highest BCUT2D eigenvalue weighted by Gasteiger charge is 2.27. The minimum atomic E-state index is -0.752. The van der Waals surface area contributed by atoms with E-state index in [1.165, 1.54) is 43.7 Å². The second-order valence-electron chi connectivity index (χ2n) is 10.3. The molecule has 1 amide bonds. The van der Waals surface area contributed by atoms with Crippen LogP contribution in [0.5, 0.6) is 0 Å². The maximum absolute atomic E-state index is 13.8. The number of amides is 1. The van der Waals surface area contributed by atoms with E-state index in [2.05, 4.69) is 11.9 Å². The molecule has 0 heterocycles. The van der Waals surface area contributed by atoms with Crippen LogP contribution in [0.4, 0.5) is 0 Å². The number of halogens is 2. The normalized spacial score (nSPS) is 14.3. The van der Waals surface area contributed by atoms with Crippen LogP contribution in [0, 0.1) is 0 Å². The summed E-state index contributed by atoms with van der Waals surface area (Å²) in [6.07, 6.45) is 6.28. The number of hydrogen-bond acceptors (Lipinski definition) is 4. The summed E-state index contributed by atoms with van der Waals surface area (Å²) in [7, 11) is 0. The Morgan fingerprint density at radius 2 is 1.48 bits per heavy atom. The van der Waals surface area contributed by atoms with Crippen molar-refractivity contribution in [3.63, 3.8) is 0 Å². The number of carbonyl (C=O) groups is 3. The molecule has 1 aliphatic rings. The fourth-order valence-electron chi connectivity index (χ4n) is 5.18. The van der Waals surface area contributed by atoms with Crippen molar-refractivity contribution in [2.45, 2.75) is 56.8 Å². The first-order valence-electron chi connectivity index (χ1n) is 13.6. The van der Waals surface area contributed by atoms with Crippen LogP contribution in [-0.2, 0) is 0 Å². The molecule has 1 atom stereocenters. The largest absolute Gasteiger partial charge is 0.513 e. The molecule has 0 aromatic heterocycles. The van der Waals surface area contributed by atoms with E-state index in [0.717, 1.165) is 0 Å². The van der Waals surface area contributed by atoms with Gasteiger partial charge < -0.3 is 10.4 Å². The van der Waals surface area contributed by atoms with Gasteiger partial charge in [0.15, 0.2) is 11.6 Å². The first kappa shape index (κ1) is 29.6. The lowest BCUT2D eigenvalue weighted by atomic mass is 9.82. The van der Waals surface area contributed by atoms with Crippen molar-refractivity contribution < 1.29 is 19.5 Å². The predicted molar refractivity (Wildman–Crippen MR) is 160 cm³/mol. The molecule has 5 nitrogen and oxygen atoms in total. The number of aliphatic hydroxyl groups excluding tert-OH is 1. The summed E-state index contributed by atoms with van der Waals surface area (Å²) >= 11 is 12.2. The third-order valence-electron chi connectivity index (χ3n) is 7.49. The fraction of sp³-hybridized carbons (Fsp3) is 0.303. The van der Waals surface area contributed by atoms with Crippen LogP contribution in [0.25, 0.3) is 0 Å². The monoisotopic (exact) mass is 577 g/mol. The molecule has 0 saturated heterocycles. The minimum absolute atomic E-state index is 0.00424. The van der Waals surface area contributed by atoms with E-state index in [0.29, 0.717) is 33.2 Å². The Morgan fingerprint density at radius 3 is 2.10 bits per heavy atom. The first-order valence-corrected chi connectivity index (χ1v) is 14.4. The van der Waals surface area contributed by atoms with Gasteiger partial charge in [0.1, 0.15) is 0 Å². The molecule has 7 heteroatoms. The maximum Gasteiger partial charge on any atom is 0.251 e. The number of hydrogen-bond donors (Lipinski definition) is 2. The minimum Gasteiger partial charge on any atom is -0.513 e. The lowest BCUT2D eigenvalue weighted by Crippen LogP contribution is -2.24. The van der Waals surface area contributed by atoms with Gasteiger partial charge in [-0.2, -0.15) is 0 Å². The lowest BCUT2D eigenvalue weighted by molar-refractivity contribution is 0.0893. The number of ketones is 2. The molecule has 4 rings (SSSR count). The summed E-state index contributed by atoms with van der Waals surface area (Å²) in [5.41, 5.74) is 3.21. The van der Waals surface area contributed by atoms with Crippen molar-refractivity contribution in [1.29, 1.82) is 0 Å². The second-order valence-corrected chi connectivity index (χ2v) is 11.1. The van der Waals surface area contributed by atoms with Crippen LogP contribution >= 0.6 is 23.2 Å². The van der Waals surface area contributed by atoms with E-state index >= 15 is 0 Å². The van der Waals surface area contributed by atoms with Gasteiger partial charge in [0.25, 0.3) is 5.91 Å². The molecule has 1 aliphatic carbocycles. The summed E-state index contributed by atoms with van der Waals surface area (Å²) in [4.78, 5) is 39.6. The molecule has 0 spiro atoms. The molecule has 1 saturated carbocycles. The summed E-state index contributed by atoms with van der Waals surface area (Å²) in [5.74, 6) is -0.934. The van der Waals surface area contributed by atoms with Crippen molar-refractivity contribution in [2.75, 3.05) is 6.54 Å². The first-order chi connectivity index (χ1) is 19.2. The molecule has 1 unspecified atom stereocenters. The van der Waals surface area contributed by atoms with E-state index in [-0.39, 0.29) is 47.6 Å². The van der Waals surface area contributed by atoms with Crippen LogP contribution < -0.4 is 5.32 Å². The Hall–Kier alpha value is -3.41. The lowest BCUT2D eigenvalue weighted by Gasteiger charge is -2.22. The Balaban J connectivity index is 1.57. The van der Waals surface area contributed by atoms with Crippen LogP contribution in [0.3, 0.4) is 0 Å². The Morgan fingerprint density at radius 1 is 0.850 bits per heavy atom. The zero-order valence-corrected chi connectivity index (χ0v) is 23.8. The average molecular weight is 579 g/mol. The molecule has 208 valence electrons. The van der Waals surface area contributed by atoms with Gasteiger partial charge >= 0.3 is 0 Å². The summed E-state index contributed by atoms with van der Waals surface area (Å²) < 4.78 is 0. The highest BCUT2D eigenvalue weighted by Crippen LogP contribution is 2.34. The standard InChI is InChI=1S/C33H33Cl2NO4/c1-21(37)17-18-36-33(40)26-13-9-24(10-14-26)28(20-31(38)27-15-16-29(34)30(35)19-27)32(39)25-11-7-23(8-12-25)22-5-3-2-4-6-22/h7-16,19,22,28,37H,1-6,17-18,20H2,(H,36,40). The number of aliphatic hydroxyl groups is 1. The zero-order valence-electron chi connectivity index (χ0n) is 22.3. The molecule has 40 heavy (non-hydrogen) atoms. The number of benzene rings is 3. The average Bonchev–Trinajstić information content (AvgIpc) is 2.97. The molecule has 0 aliphatic heterocycles. The Labute approximate surface area is 245 Å². The Bertz CT molecular complexity index is 1380. The van der Waals surface area contributed by atoms with Crippen molar-refractivity contribution in [3.05, 3.63) is 117 Å². The van der Waals surface area contributed by atoms with Gasteiger partial charge in [-0.05, 0) is 60.2 Å². The van der Waals surface area contributed by atoms with Crippen LogP contribution in [0.15, 0.2) is 79.1 Å². The SMILES string of the molecule is C=C(O)CCNC(=O)c1ccc(C(CC(=O)c2ccc(Cl)c(Cl)c2)C(=O)c2ccc(C3CCCCC3)cc2)cc1. The van der Waals surface area contributed by atoms with Gasteiger partial charge in [0.2, 0.25) is 0 Å². The van der Waals surface area contributed by atoms with E-state index in [1.807, 2.05) is 24.3 Å². The Kier molecular flexibility index (Phi) is 10.2. The van der Waals surface area contributed by atoms with E-state index in [1.54, 1.807) is 36.4 Å². The third-order valence-corrected chi connectivity index (χ3v) is 8.23. The maximum atomic E-state index is 13.8.